The number of fused-ring (bicyclic) bond motifs is 1. The number of rotatable bonds is 3. The second kappa shape index (κ2) is 4.73. The first-order chi connectivity index (χ1) is 9.25. The summed E-state index contributed by atoms with van der Waals surface area (Å²) in [6.45, 7) is 1.96. The third kappa shape index (κ3) is 2.17. The van der Waals surface area contributed by atoms with Crippen molar-refractivity contribution in [1.82, 2.24) is 4.98 Å². The van der Waals surface area contributed by atoms with Gasteiger partial charge in [-0.25, -0.2) is 0 Å². The Morgan fingerprint density at radius 1 is 1.05 bits per heavy atom. The van der Waals surface area contributed by atoms with Gasteiger partial charge in [0.15, 0.2) is 5.78 Å². The van der Waals surface area contributed by atoms with E-state index < -0.39 is 0 Å². The Bertz CT molecular complexity index is 712. The van der Waals surface area contributed by atoms with Gasteiger partial charge >= 0.3 is 0 Å². The fraction of sp³-hybridized carbons (Fsp3) is 0.118. The lowest BCUT2D eigenvalue weighted by molar-refractivity contribution is 0.0966. The second-order valence-electron chi connectivity index (χ2n) is 4.78. The van der Waals surface area contributed by atoms with Gasteiger partial charge in [-0.2, -0.15) is 0 Å². The summed E-state index contributed by atoms with van der Waals surface area (Å²) >= 11 is 0. The van der Waals surface area contributed by atoms with Crippen LogP contribution in [-0.4, -0.2) is 10.8 Å². The van der Waals surface area contributed by atoms with Crippen molar-refractivity contribution in [2.75, 3.05) is 0 Å². The molecule has 1 unspecified atom stereocenters. The maximum Gasteiger partial charge on any atom is 0.170 e. The molecule has 0 saturated heterocycles. The number of nitrogens with one attached hydrogen (secondary N) is 1. The van der Waals surface area contributed by atoms with E-state index in [9.17, 15) is 4.79 Å². The molecule has 3 rings (SSSR count). The first-order valence-corrected chi connectivity index (χ1v) is 6.42. The number of benzene rings is 2. The lowest BCUT2D eigenvalue weighted by Crippen LogP contribution is -2.09. The predicted octanol–water partition coefficient (Wildman–Crippen LogP) is 4.15. The number of carbonyl (C=O) groups is 1. The highest BCUT2D eigenvalue weighted by Gasteiger charge is 2.17. The van der Waals surface area contributed by atoms with Gasteiger partial charge in [-0.3, -0.25) is 4.79 Å². The molecule has 0 aliphatic heterocycles. The summed E-state index contributed by atoms with van der Waals surface area (Å²) in [6.07, 6.45) is 1.89. The van der Waals surface area contributed by atoms with Crippen LogP contribution in [0.15, 0.2) is 60.8 Å². The molecule has 2 nitrogen and oxygen atoms in total. The van der Waals surface area contributed by atoms with E-state index in [1.165, 1.54) is 0 Å². The van der Waals surface area contributed by atoms with Crippen LogP contribution in [0, 0.1) is 0 Å². The van der Waals surface area contributed by atoms with Gasteiger partial charge in [-0.1, -0.05) is 37.3 Å². The smallest absolute Gasteiger partial charge is 0.170 e. The van der Waals surface area contributed by atoms with Gasteiger partial charge in [0.25, 0.3) is 0 Å². The van der Waals surface area contributed by atoms with E-state index in [-0.39, 0.29) is 11.7 Å². The number of carbonyl (C=O) groups excluding carboxylic acids is 1. The largest absolute Gasteiger partial charge is 0.361 e. The maximum absolute atomic E-state index is 12.5. The highest BCUT2D eigenvalue weighted by Crippen LogP contribution is 2.22. The van der Waals surface area contributed by atoms with Crippen molar-refractivity contribution < 1.29 is 4.79 Å². The molecule has 0 fully saturated rings. The average molecular weight is 249 g/mol. The zero-order valence-corrected chi connectivity index (χ0v) is 10.8. The van der Waals surface area contributed by atoms with E-state index in [1.54, 1.807) is 0 Å². The molecule has 94 valence electrons. The summed E-state index contributed by atoms with van der Waals surface area (Å²) in [5, 5.41) is 1.08. The Balaban J connectivity index is 1.95. The van der Waals surface area contributed by atoms with Gasteiger partial charge in [0.1, 0.15) is 0 Å². The van der Waals surface area contributed by atoms with Crippen LogP contribution in [0.4, 0.5) is 0 Å². The maximum atomic E-state index is 12.5. The molecule has 0 spiro atoms. The Labute approximate surface area is 112 Å². The summed E-state index contributed by atoms with van der Waals surface area (Å²) in [5.74, 6) is 0.0480. The molecule has 0 amide bonds. The van der Waals surface area contributed by atoms with Crippen LogP contribution in [0.5, 0.6) is 0 Å². The lowest BCUT2D eigenvalue weighted by atomic mass is 9.92. The van der Waals surface area contributed by atoms with Crippen LogP contribution in [0.25, 0.3) is 10.9 Å². The zero-order chi connectivity index (χ0) is 13.2. The molecule has 19 heavy (non-hydrogen) atoms. The topological polar surface area (TPSA) is 32.9 Å². The van der Waals surface area contributed by atoms with Crippen LogP contribution >= 0.6 is 0 Å². The van der Waals surface area contributed by atoms with Crippen molar-refractivity contribution in [3.05, 3.63) is 71.9 Å². The standard InChI is InChI=1S/C17H15NO/c1-12(13-5-3-2-4-6-13)17(19)15-7-8-16-14(11-15)9-10-18-16/h2-12,18H,1H3. The number of Topliss-reactive ketones (excluding diaryl/α,β-unsaturated/α-hetero) is 1. The number of hydrogen-bond acceptors (Lipinski definition) is 1. The summed E-state index contributed by atoms with van der Waals surface area (Å²) in [4.78, 5) is 15.6. The lowest BCUT2D eigenvalue weighted by Gasteiger charge is -2.10. The van der Waals surface area contributed by atoms with E-state index in [0.717, 1.165) is 22.0 Å². The van der Waals surface area contributed by atoms with Gasteiger partial charge in [-0.15, -0.1) is 0 Å². The van der Waals surface area contributed by atoms with Crippen molar-refractivity contribution in [1.29, 1.82) is 0 Å². The van der Waals surface area contributed by atoms with E-state index in [1.807, 2.05) is 67.7 Å². The van der Waals surface area contributed by atoms with Crippen LogP contribution < -0.4 is 0 Å². The van der Waals surface area contributed by atoms with Gasteiger partial charge < -0.3 is 4.98 Å². The van der Waals surface area contributed by atoms with Crippen LogP contribution in [-0.2, 0) is 0 Å². The minimum absolute atomic E-state index is 0.113. The fourth-order valence-corrected chi connectivity index (χ4v) is 2.35. The van der Waals surface area contributed by atoms with Crippen molar-refractivity contribution in [2.45, 2.75) is 12.8 Å². The Hall–Kier alpha value is -2.35. The van der Waals surface area contributed by atoms with E-state index >= 15 is 0 Å². The normalized spacial score (nSPS) is 12.5. The molecule has 0 aliphatic rings. The minimum atomic E-state index is -0.113. The third-order valence-electron chi connectivity index (χ3n) is 3.53. The first-order valence-electron chi connectivity index (χ1n) is 6.42. The number of aromatic nitrogens is 1. The van der Waals surface area contributed by atoms with Gasteiger partial charge in [0, 0.05) is 28.6 Å². The number of aromatic amines is 1. The molecule has 0 aliphatic carbocycles. The molecule has 0 radical (unpaired) electrons. The molecule has 0 bridgehead atoms. The molecular formula is C17H15NO. The van der Waals surface area contributed by atoms with E-state index in [4.69, 9.17) is 0 Å². The molecular weight excluding hydrogens is 234 g/mol. The molecule has 3 aromatic rings. The van der Waals surface area contributed by atoms with E-state index in [2.05, 4.69) is 4.98 Å². The van der Waals surface area contributed by atoms with Crippen LogP contribution in [0.2, 0.25) is 0 Å². The highest BCUT2D eigenvalue weighted by molar-refractivity contribution is 6.03. The fourth-order valence-electron chi connectivity index (χ4n) is 2.35. The molecule has 0 saturated carbocycles. The summed E-state index contributed by atoms with van der Waals surface area (Å²) in [7, 11) is 0. The van der Waals surface area contributed by atoms with Crippen molar-refractivity contribution >= 4 is 16.7 Å². The molecule has 1 N–H and O–H groups in total. The van der Waals surface area contributed by atoms with Gasteiger partial charge in [0.2, 0.25) is 0 Å². The summed E-state index contributed by atoms with van der Waals surface area (Å²) in [6, 6.07) is 17.7. The summed E-state index contributed by atoms with van der Waals surface area (Å²) < 4.78 is 0. The van der Waals surface area contributed by atoms with Gasteiger partial charge in [-0.05, 0) is 29.8 Å². The predicted molar refractivity (Wildman–Crippen MR) is 77.5 cm³/mol. The average Bonchev–Trinajstić information content (AvgIpc) is 2.94. The first kappa shape index (κ1) is 11.7. The number of hydrogen-bond donors (Lipinski definition) is 1. The van der Waals surface area contributed by atoms with Crippen molar-refractivity contribution in [3.8, 4) is 0 Å². The highest BCUT2D eigenvalue weighted by atomic mass is 16.1. The Kier molecular flexibility index (Phi) is 2.92. The molecule has 2 heteroatoms. The number of ketones is 1. The number of H-pyrrole nitrogens is 1. The molecule has 1 heterocycles. The van der Waals surface area contributed by atoms with E-state index in [0.29, 0.717) is 0 Å². The second-order valence-corrected chi connectivity index (χ2v) is 4.78. The van der Waals surface area contributed by atoms with Crippen LogP contribution in [0.3, 0.4) is 0 Å². The minimum Gasteiger partial charge on any atom is -0.361 e. The van der Waals surface area contributed by atoms with Crippen LogP contribution in [0.1, 0.15) is 28.8 Å². The zero-order valence-electron chi connectivity index (χ0n) is 10.8. The molecule has 2 aromatic carbocycles. The quantitative estimate of drug-likeness (QED) is 0.695. The molecule has 1 aromatic heterocycles. The van der Waals surface area contributed by atoms with Gasteiger partial charge in [0.05, 0.1) is 0 Å². The molecule has 1 atom stereocenters. The Morgan fingerprint density at radius 2 is 1.84 bits per heavy atom. The summed E-state index contributed by atoms with van der Waals surface area (Å²) in [5.41, 5.74) is 2.88. The van der Waals surface area contributed by atoms with Crippen molar-refractivity contribution in [3.63, 3.8) is 0 Å². The Morgan fingerprint density at radius 3 is 2.63 bits per heavy atom. The van der Waals surface area contributed by atoms with Crippen molar-refractivity contribution in [2.24, 2.45) is 0 Å². The monoisotopic (exact) mass is 249 g/mol. The SMILES string of the molecule is CC(C(=O)c1ccc2[nH]ccc2c1)c1ccccc1. The third-order valence-corrected chi connectivity index (χ3v) is 3.53.